The normalized spacial score (nSPS) is 11.2. The summed E-state index contributed by atoms with van der Waals surface area (Å²) in [4.78, 5) is 23.6. The second kappa shape index (κ2) is 11.9. The smallest absolute Gasteiger partial charge is 0.244 e. The lowest BCUT2D eigenvalue weighted by Gasteiger charge is -2.04. The number of rotatable bonds is 8. The molecule has 2 amide bonds. The maximum absolute atomic E-state index is 11.8. The fourth-order valence-corrected chi connectivity index (χ4v) is 3.18. The molecule has 0 aromatic heterocycles. The van der Waals surface area contributed by atoms with Crippen molar-refractivity contribution >= 4 is 70.4 Å². The molecule has 0 saturated carbocycles. The van der Waals surface area contributed by atoms with Crippen molar-refractivity contribution in [2.24, 2.45) is 0 Å². The Hall–Kier alpha value is -1.98. The fourth-order valence-electron chi connectivity index (χ4n) is 2.23. The molecule has 29 heavy (non-hydrogen) atoms. The average Bonchev–Trinajstić information content (AvgIpc) is 2.66. The van der Waals surface area contributed by atoms with Gasteiger partial charge in [0.15, 0.2) is 0 Å². The van der Waals surface area contributed by atoms with Gasteiger partial charge in [0.05, 0.1) is 0 Å². The van der Waals surface area contributed by atoms with Crippen LogP contribution in [0.2, 0.25) is 20.1 Å². The van der Waals surface area contributed by atoms with Crippen molar-refractivity contribution in [2.45, 2.75) is 6.42 Å². The minimum atomic E-state index is -0.250. The number of carbonyl (C=O) groups is 2. The molecule has 0 spiro atoms. The van der Waals surface area contributed by atoms with E-state index in [-0.39, 0.29) is 11.8 Å². The summed E-state index contributed by atoms with van der Waals surface area (Å²) in [5, 5.41) is 7.47. The number of carbonyl (C=O) groups excluding carboxylic acids is 2. The van der Waals surface area contributed by atoms with Crippen molar-refractivity contribution in [2.75, 3.05) is 13.1 Å². The highest BCUT2D eigenvalue weighted by atomic mass is 35.5. The Morgan fingerprint density at radius 2 is 1.14 bits per heavy atom. The van der Waals surface area contributed by atoms with Crippen molar-refractivity contribution in [1.29, 1.82) is 0 Å². The predicted molar refractivity (Wildman–Crippen MR) is 122 cm³/mol. The topological polar surface area (TPSA) is 58.2 Å². The van der Waals surface area contributed by atoms with Crippen LogP contribution in [0.5, 0.6) is 0 Å². The van der Waals surface area contributed by atoms with Crippen LogP contribution in [0.1, 0.15) is 17.5 Å². The number of halogens is 4. The molecule has 152 valence electrons. The number of amides is 2. The molecule has 0 fully saturated rings. The highest BCUT2D eigenvalue weighted by molar-refractivity contribution is 6.36. The van der Waals surface area contributed by atoms with E-state index in [1.807, 2.05) is 0 Å². The van der Waals surface area contributed by atoms with Gasteiger partial charge in [-0.15, -0.1) is 0 Å². The monoisotopic (exact) mass is 470 g/mol. The van der Waals surface area contributed by atoms with Gasteiger partial charge in [0.1, 0.15) is 0 Å². The van der Waals surface area contributed by atoms with E-state index in [1.165, 1.54) is 12.2 Å². The molecule has 0 unspecified atom stereocenters. The van der Waals surface area contributed by atoms with E-state index in [2.05, 4.69) is 10.6 Å². The molecule has 2 rings (SSSR count). The van der Waals surface area contributed by atoms with Crippen LogP contribution >= 0.6 is 46.4 Å². The predicted octanol–water partition coefficient (Wildman–Crippen LogP) is 5.65. The molecule has 8 heteroatoms. The molecule has 2 aromatic rings. The van der Waals surface area contributed by atoms with Gasteiger partial charge >= 0.3 is 0 Å². The van der Waals surface area contributed by atoms with Gasteiger partial charge in [-0.25, -0.2) is 0 Å². The van der Waals surface area contributed by atoms with Gasteiger partial charge in [-0.2, -0.15) is 0 Å². The van der Waals surface area contributed by atoms with E-state index < -0.39 is 0 Å². The lowest BCUT2D eigenvalue weighted by atomic mass is 10.2. The summed E-state index contributed by atoms with van der Waals surface area (Å²) in [5.74, 6) is -0.501. The molecule has 0 bridgehead atoms. The van der Waals surface area contributed by atoms with E-state index >= 15 is 0 Å². The zero-order valence-corrected chi connectivity index (χ0v) is 18.2. The number of benzene rings is 2. The van der Waals surface area contributed by atoms with Crippen molar-refractivity contribution in [1.82, 2.24) is 10.6 Å². The summed E-state index contributed by atoms with van der Waals surface area (Å²) in [6, 6.07) is 10.1. The van der Waals surface area contributed by atoms with Crippen LogP contribution < -0.4 is 10.6 Å². The molecule has 4 nitrogen and oxygen atoms in total. The van der Waals surface area contributed by atoms with Gasteiger partial charge in [-0.05, 0) is 54.0 Å². The first kappa shape index (κ1) is 23.3. The number of nitrogens with one attached hydrogen (secondary N) is 2. The van der Waals surface area contributed by atoms with Gasteiger partial charge < -0.3 is 10.6 Å². The van der Waals surface area contributed by atoms with Gasteiger partial charge in [-0.3, -0.25) is 9.59 Å². The van der Waals surface area contributed by atoms with Crippen LogP contribution in [-0.4, -0.2) is 24.9 Å². The van der Waals surface area contributed by atoms with E-state index in [0.717, 1.165) is 0 Å². The lowest BCUT2D eigenvalue weighted by Crippen LogP contribution is -2.28. The van der Waals surface area contributed by atoms with E-state index in [4.69, 9.17) is 46.4 Å². The van der Waals surface area contributed by atoms with Gasteiger partial charge in [-0.1, -0.05) is 58.5 Å². The molecular formula is C21H18Cl4N2O2. The minimum absolute atomic E-state index is 0.250. The number of hydrogen-bond donors (Lipinski definition) is 2. The quantitative estimate of drug-likeness (QED) is 0.386. The second-order valence-electron chi connectivity index (χ2n) is 5.93. The van der Waals surface area contributed by atoms with Crippen molar-refractivity contribution in [3.63, 3.8) is 0 Å². The largest absolute Gasteiger partial charge is 0.352 e. The minimum Gasteiger partial charge on any atom is -0.352 e. The van der Waals surface area contributed by atoms with E-state index in [9.17, 15) is 9.59 Å². The van der Waals surface area contributed by atoms with Crippen LogP contribution in [0, 0.1) is 0 Å². The molecule has 0 heterocycles. The van der Waals surface area contributed by atoms with Crippen molar-refractivity contribution in [3.8, 4) is 0 Å². The van der Waals surface area contributed by atoms with Crippen LogP contribution in [0.25, 0.3) is 12.2 Å². The first-order valence-electron chi connectivity index (χ1n) is 8.67. The molecular weight excluding hydrogens is 454 g/mol. The molecule has 0 aliphatic carbocycles. The van der Waals surface area contributed by atoms with Crippen LogP contribution in [0.3, 0.4) is 0 Å². The maximum atomic E-state index is 11.8. The summed E-state index contributed by atoms with van der Waals surface area (Å²) < 4.78 is 0. The molecule has 0 radical (unpaired) electrons. The van der Waals surface area contributed by atoms with Gasteiger partial charge in [0, 0.05) is 45.3 Å². The summed E-state index contributed by atoms with van der Waals surface area (Å²) >= 11 is 23.7. The molecule has 2 aromatic carbocycles. The van der Waals surface area contributed by atoms with Crippen LogP contribution in [0.15, 0.2) is 48.6 Å². The van der Waals surface area contributed by atoms with Crippen LogP contribution in [-0.2, 0) is 9.59 Å². The number of hydrogen-bond acceptors (Lipinski definition) is 2. The van der Waals surface area contributed by atoms with Crippen molar-refractivity contribution < 1.29 is 9.59 Å². The first-order valence-corrected chi connectivity index (χ1v) is 10.2. The highest BCUT2D eigenvalue weighted by Gasteiger charge is 2.01. The van der Waals surface area contributed by atoms with E-state index in [0.29, 0.717) is 50.7 Å². The molecule has 2 N–H and O–H groups in total. The Bertz CT molecular complexity index is 867. The summed E-state index contributed by atoms with van der Waals surface area (Å²) in [6.45, 7) is 0.842. The Morgan fingerprint density at radius 3 is 1.52 bits per heavy atom. The third-order valence-electron chi connectivity index (χ3n) is 3.71. The average molecular weight is 472 g/mol. The Labute approximate surface area is 189 Å². The van der Waals surface area contributed by atoms with Crippen LogP contribution in [0.4, 0.5) is 0 Å². The standard InChI is InChI=1S/C21H18Cl4N2O2/c22-16-6-2-14(18(24)12-16)4-8-20(28)26-10-1-11-27-21(29)9-5-15-3-7-17(23)13-19(15)25/h2-9,12-13H,1,10-11H2,(H,26,28)(H,27,29). The second-order valence-corrected chi connectivity index (χ2v) is 7.62. The SMILES string of the molecule is O=C(C=Cc1ccc(Cl)cc1Cl)NCCCNC(=O)C=Cc1ccc(Cl)cc1Cl. The molecule has 0 atom stereocenters. The zero-order chi connectivity index (χ0) is 21.2. The van der Waals surface area contributed by atoms with E-state index in [1.54, 1.807) is 48.6 Å². The summed E-state index contributed by atoms with van der Waals surface area (Å²) in [7, 11) is 0. The first-order chi connectivity index (χ1) is 13.8. The third-order valence-corrected chi connectivity index (χ3v) is 4.83. The molecule has 0 saturated heterocycles. The third kappa shape index (κ3) is 8.50. The molecule has 0 aliphatic rings. The summed E-state index contributed by atoms with van der Waals surface area (Å²) in [5.41, 5.74) is 1.40. The van der Waals surface area contributed by atoms with Gasteiger partial charge in [0.25, 0.3) is 0 Å². The molecule has 0 aliphatic heterocycles. The Balaban J connectivity index is 1.67. The van der Waals surface area contributed by atoms with Gasteiger partial charge in [0.2, 0.25) is 11.8 Å². The Morgan fingerprint density at radius 1 is 0.724 bits per heavy atom. The van der Waals surface area contributed by atoms with Crippen molar-refractivity contribution in [3.05, 3.63) is 79.8 Å². The summed E-state index contributed by atoms with van der Waals surface area (Å²) in [6.07, 6.45) is 6.60. The highest BCUT2D eigenvalue weighted by Crippen LogP contribution is 2.22. The zero-order valence-electron chi connectivity index (χ0n) is 15.2. The lowest BCUT2D eigenvalue weighted by molar-refractivity contribution is -0.116. The fraction of sp³-hybridized carbons (Fsp3) is 0.143. The maximum Gasteiger partial charge on any atom is 0.244 e. The Kier molecular flexibility index (Phi) is 9.55.